The van der Waals surface area contributed by atoms with E-state index in [9.17, 15) is 0 Å². The van der Waals surface area contributed by atoms with E-state index >= 15 is 0 Å². The quantitative estimate of drug-likeness (QED) is 0.440. The lowest BCUT2D eigenvalue weighted by atomic mass is 10.8. The first-order valence-electron chi connectivity index (χ1n) is 2.35. The summed E-state index contributed by atoms with van der Waals surface area (Å²) in [5.74, 6) is 0. The molecule has 0 aromatic heterocycles. The van der Waals surface area contributed by atoms with E-state index in [1.54, 1.807) is 18.1 Å². The van der Waals surface area contributed by atoms with E-state index in [4.69, 9.17) is 10.9 Å². The Morgan fingerprint density at radius 1 is 1.62 bits per heavy atom. The zero-order valence-electron chi connectivity index (χ0n) is 4.65. The lowest BCUT2D eigenvalue weighted by Gasteiger charge is -2.20. The fourth-order valence-corrected chi connectivity index (χ4v) is 0.536. The number of hydroxylamine groups is 2. The molecule has 0 spiro atoms. The largest absolute Gasteiger partial charge is 0.345 e. The molecule has 4 nitrogen and oxygen atoms in total. The normalized spacial score (nSPS) is 27.6. The highest BCUT2D eigenvalue weighted by Gasteiger charge is 2.15. The average molecular weight is 115 g/mol. The van der Waals surface area contributed by atoms with Crippen LogP contribution in [0.4, 0.5) is 0 Å². The third kappa shape index (κ3) is 0.635. The van der Waals surface area contributed by atoms with E-state index in [1.807, 2.05) is 0 Å². The summed E-state index contributed by atoms with van der Waals surface area (Å²) in [7, 11) is 1.79. The monoisotopic (exact) mass is 115 g/mol. The minimum absolute atomic E-state index is 0.407. The van der Waals surface area contributed by atoms with Crippen LogP contribution in [0.5, 0.6) is 0 Å². The van der Waals surface area contributed by atoms with Crippen molar-refractivity contribution in [1.29, 1.82) is 0 Å². The van der Waals surface area contributed by atoms with Crippen molar-refractivity contribution >= 4 is 0 Å². The molecular weight excluding hydrogens is 106 g/mol. The molecule has 1 aliphatic heterocycles. The Morgan fingerprint density at radius 2 is 2.25 bits per heavy atom. The van der Waals surface area contributed by atoms with Crippen LogP contribution in [-0.4, -0.2) is 28.5 Å². The molecule has 0 aromatic rings. The molecule has 46 valence electrons. The lowest BCUT2D eigenvalue weighted by molar-refractivity contribution is -0.0965. The smallest absolute Gasteiger partial charge is 0.178 e. The van der Waals surface area contributed by atoms with Crippen LogP contribution in [0.2, 0.25) is 0 Å². The van der Waals surface area contributed by atoms with Crippen molar-refractivity contribution in [1.82, 2.24) is 9.96 Å². The Labute approximate surface area is 47.7 Å². The second-order valence-corrected chi connectivity index (χ2v) is 1.76. The number of rotatable bonds is 0. The van der Waals surface area contributed by atoms with Gasteiger partial charge in [-0.1, -0.05) is 0 Å². The zero-order chi connectivity index (χ0) is 6.15. The Kier molecular flexibility index (Phi) is 1.11. The van der Waals surface area contributed by atoms with Gasteiger partial charge in [0.15, 0.2) is 6.29 Å². The van der Waals surface area contributed by atoms with E-state index < -0.39 is 6.29 Å². The molecule has 0 radical (unpaired) electrons. The molecule has 1 heterocycles. The number of hydrogen-bond acceptors (Lipinski definition) is 4. The van der Waals surface area contributed by atoms with Crippen molar-refractivity contribution in [3.05, 3.63) is 12.4 Å². The van der Waals surface area contributed by atoms with Crippen LogP contribution >= 0.6 is 0 Å². The maximum absolute atomic E-state index is 8.75. The Bertz CT molecular complexity index is 102. The van der Waals surface area contributed by atoms with E-state index in [2.05, 4.69) is 0 Å². The van der Waals surface area contributed by atoms with Gasteiger partial charge in [-0.25, -0.2) is 5.06 Å². The van der Waals surface area contributed by atoms with Gasteiger partial charge < -0.3 is 4.90 Å². The molecule has 0 aliphatic carbocycles. The summed E-state index contributed by atoms with van der Waals surface area (Å²) in [6.07, 6.45) is 2.80. The summed E-state index contributed by atoms with van der Waals surface area (Å²) in [5.41, 5.74) is 5.36. The highest BCUT2D eigenvalue weighted by Crippen LogP contribution is 2.03. The van der Waals surface area contributed by atoms with Gasteiger partial charge in [0.25, 0.3) is 0 Å². The van der Waals surface area contributed by atoms with Crippen LogP contribution in [0, 0.1) is 0 Å². The third-order valence-electron chi connectivity index (χ3n) is 1.14. The van der Waals surface area contributed by atoms with Crippen molar-refractivity contribution in [3.8, 4) is 0 Å². The second kappa shape index (κ2) is 1.65. The minimum Gasteiger partial charge on any atom is -0.345 e. The molecule has 1 rings (SSSR count). The Hall–Kier alpha value is -0.740. The van der Waals surface area contributed by atoms with Crippen LogP contribution < -0.4 is 5.73 Å². The van der Waals surface area contributed by atoms with Gasteiger partial charge in [0, 0.05) is 19.4 Å². The van der Waals surface area contributed by atoms with E-state index in [-0.39, 0.29) is 0 Å². The molecule has 0 bridgehead atoms. The summed E-state index contributed by atoms with van der Waals surface area (Å²) in [4.78, 5) is 1.69. The predicted molar refractivity (Wildman–Crippen MR) is 28.5 cm³/mol. The Balaban J connectivity index is 2.55. The standard InChI is InChI=1S/C4H9N3O/c1-6-2-3-7(8)4(6)5/h2-4,8H,5H2,1H3. The molecule has 8 heavy (non-hydrogen) atoms. The van der Waals surface area contributed by atoms with Crippen LogP contribution in [-0.2, 0) is 0 Å². The molecule has 3 N–H and O–H groups in total. The van der Waals surface area contributed by atoms with Crippen molar-refractivity contribution in [2.75, 3.05) is 7.05 Å². The summed E-state index contributed by atoms with van der Waals surface area (Å²) in [5, 5.41) is 9.69. The summed E-state index contributed by atoms with van der Waals surface area (Å²) in [6, 6.07) is 0. The highest BCUT2D eigenvalue weighted by molar-refractivity contribution is 4.88. The summed E-state index contributed by atoms with van der Waals surface area (Å²) < 4.78 is 0. The SMILES string of the molecule is CN1C=CN(O)C1N. The first kappa shape index (κ1) is 5.40. The molecule has 0 aromatic carbocycles. The molecule has 0 fully saturated rings. The van der Waals surface area contributed by atoms with E-state index in [0.717, 1.165) is 5.06 Å². The molecule has 1 aliphatic rings. The van der Waals surface area contributed by atoms with Crippen LogP contribution in [0.3, 0.4) is 0 Å². The fraction of sp³-hybridized carbons (Fsp3) is 0.500. The summed E-state index contributed by atoms with van der Waals surface area (Å²) in [6.45, 7) is 0. The van der Waals surface area contributed by atoms with Gasteiger partial charge in [-0.15, -0.1) is 0 Å². The van der Waals surface area contributed by atoms with Gasteiger partial charge in [0.2, 0.25) is 0 Å². The van der Waals surface area contributed by atoms with Crippen molar-refractivity contribution in [3.63, 3.8) is 0 Å². The van der Waals surface area contributed by atoms with Gasteiger partial charge in [-0.3, -0.25) is 10.9 Å². The summed E-state index contributed by atoms with van der Waals surface area (Å²) >= 11 is 0. The van der Waals surface area contributed by atoms with Gasteiger partial charge in [-0.2, -0.15) is 0 Å². The lowest BCUT2D eigenvalue weighted by Crippen LogP contribution is -2.42. The van der Waals surface area contributed by atoms with Gasteiger partial charge in [0.1, 0.15) is 0 Å². The van der Waals surface area contributed by atoms with Crippen molar-refractivity contribution in [2.24, 2.45) is 5.73 Å². The van der Waals surface area contributed by atoms with Gasteiger partial charge >= 0.3 is 0 Å². The number of nitrogens with zero attached hydrogens (tertiary/aromatic N) is 2. The molecular formula is C4H9N3O. The van der Waals surface area contributed by atoms with Crippen LogP contribution in [0.1, 0.15) is 0 Å². The zero-order valence-corrected chi connectivity index (χ0v) is 4.65. The van der Waals surface area contributed by atoms with Crippen molar-refractivity contribution < 1.29 is 5.21 Å². The maximum atomic E-state index is 8.75. The third-order valence-corrected chi connectivity index (χ3v) is 1.14. The average Bonchev–Trinajstić information content (AvgIpc) is 1.98. The van der Waals surface area contributed by atoms with Crippen LogP contribution in [0.25, 0.3) is 0 Å². The molecule has 0 saturated heterocycles. The molecule has 0 amide bonds. The van der Waals surface area contributed by atoms with E-state index in [0.29, 0.717) is 0 Å². The van der Waals surface area contributed by atoms with Crippen LogP contribution in [0.15, 0.2) is 12.4 Å². The maximum Gasteiger partial charge on any atom is 0.178 e. The second-order valence-electron chi connectivity index (χ2n) is 1.76. The number of hydrogen-bond donors (Lipinski definition) is 2. The number of nitrogens with two attached hydrogens (primary N) is 1. The minimum atomic E-state index is -0.407. The molecule has 0 saturated carbocycles. The fourth-order valence-electron chi connectivity index (χ4n) is 0.536. The first-order valence-corrected chi connectivity index (χ1v) is 2.35. The first-order chi connectivity index (χ1) is 3.72. The van der Waals surface area contributed by atoms with Gasteiger partial charge in [0.05, 0.1) is 0 Å². The van der Waals surface area contributed by atoms with Crippen molar-refractivity contribution in [2.45, 2.75) is 6.29 Å². The topological polar surface area (TPSA) is 52.7 Å². The molecule has 4 heteroatoms. The Morgan fingerprint density at radius 3 is 2.38 bits per heavy atom. The predicted octanol–water partition coefficient (Wildman–Crippen LogP) is -0.663. The van der Waals surface area contributed by atoms with E-state index in [1.165, 1.54) is 6.20 Å². The van der Waals surface area contributed by atoms with Gasteiger partial charge in [-0.05, 0) is 0 Å². The molecule has 1 atom stereocenters. The highest BCUT2D eigenvalue weighted by atomic mass is 16.5. The molecule has 1 unspecified atom stereocenters.